The monoisotopic (exact) mass is 153 g/mol. The van der Waals surface area contributed by atoms with Gasteiger partial charge in [0.1, 0.15) is 0 Å². The number of hydrogen-bond acceptors (Lipinski definition) is 2. The number of nitrogens with one attached hydrogen (secondary N) is 1. The van der Waals surface area contributed by atoms with Crippen LogP contribution < -0.4 is 5.73 Å². The van der Waals surface area contributed by atoms with Gasteiger partial charge in [0.2, 0.25) is 0 Å². The smallest absolute Gasteiger partial charge is 0.0522 e. The molecule has 0 aliphatic carbocycles. The molecule has 0 amide bonds. The van der Waals surface area contributed by atoms with Crippen LogP contribution >= 0.6 is 0 Å². The van der Waals surface area contributed by atoms with Crippen LogP contribution in [-0.2, 0) is 12.8 Å². The standard InChI is InChI=1S/C8H15N3/c1-3-7-5-10-11-8(7)4-6(2)9/h5-6H,3-4,9H2,1-2H3,(H,10,11). The zero-order valence-corrected chi connectivity index (χ0v) is 7.09. The molecule has 1 aromatic rings. The molecule has 1 unspecified atom stereocenters. The molecule has 1 rings (SSSR count). The molecule has 0 aromatic carbocycles. The SMILES string of the molecule is CCc1cn[nH]c1CC(C)N. The topological polar surface area (TPSA) is 54.7 Å². The molecule has 11 heavy (non-hydrogen) atoms. The molecule has 0 aliphatic rings. The second kappa shape index (κ2) is 3.53. The van der Waals surface area contributed by atoms with Crippen molar-refractivity contribution in [2.45, 2.75) is 32.7 Å². The Kier molecular flexibility index (Phi) is 2.65. The molecule has 0 radical (unpaired) electrons. The third kappa shape index (κ3) is 2.05. The van der Waals surface area contributed by atoms with Crippen molar-refractivity contribution in [1.29, 1.82) is 0 Å². The van der Waals surface area contributed by atoms with E-state index in [9.17, 15) is 0 Å². The Morgan fingerprint density at radius 3 is 3.00 bits per heavy atom. The Labute approximate surface area is 67.0 Å². The minimum Gasteiger partial charge on any atom is -0.328 e. The molecule has 3 heteroatoms. The van der Waals surface area contributed by atoms with Crippen LogP contribution in [-0.4, -0.2) is 16.2 Å². The van der Waals surface area contributed by atoms with Crippen molar-refractivity contribution >= 4 is 0 Å². The second-order valence-corrected chi connectivity index (χ2v) is 2.91. The van der Waals surface area contributed by atoms with Gasteiger partial charge in [0.25, 0.3) is 0 Å². The van der Waals surface area contributed by atoms with Crippen LogP contribution in [0.2, 0.25) is 0 Å². The van der Waals surface area contributed by atoms with Crippen molar-refractivity contribution in [3.63, 3.8) is 0 Å². The van der Waals surface area contributed by atoms with E-state index in [4.69, 9.17) is 5.73 Å². The molecule has 0 spiro atoms. The number of aromatic nitrogens is 2. The van der Waals surface area contributed by atoms with Crippen LogP contribution in [0.25, 0.3) is 0 Å². The first-order valence-electron chi connectivity index (χ1n) is 4.00. The average molecular weight is 153 g/mol. The van der Waals surface area contributed by atoms with Gasteiger partial charge < -0.3 is 5.73 Å². The Balaban J connectivity index is 2.68. The van der Waals surface area contributed by atoms with Crippen LogP contribution in [0.4, 0.5) is 0 Å². The van der Waals surface area contributed by atoms with Gasteiger partial charge in [-0.15, -0.1) is 0 Å². The van der Waals surface area contributed by atoms with Crippen LogP contribution in [0.5, 0.6) is 0 Å². The number of nitrogens with zero attached hydrogens (tertiary/aromatic N) is 1. The third-order valence-electron chi connectivity index (χ3n) is 1.71. The van der Waals surface area contributed by atoms with Crippen LogP contribution in [0.1, 0.15) is 25.1 Å². The summed E-state index contributed by atoms with van der Waals surface area (Å²) in [5.74, 6) is 0. The number of aryl methyl sites for hydroxylation is 1. The van der Waals surface area contributed by atoms with Gasteiger partial charge in [0, 0.05) is 18.2 Å². The summed E-state index contributed by atoms with van der Waals surface area (Å²) in [6, 6.07) is 0.209. The van der Waals surface area contributed by atoms with Gasteiger partial charge in [-0.2, -0.15) is 5.10 Å². The van der Waals surface area contributed by atoms with Gasteiger partial charge in [-0.1, -0.05) is 6.92 Å². The maximum absolute atomic E-state index is 5.66. The molecule has 0 bridgehead atoms. The summed E-state index contributed by atoms with van der Waals surface area (Å²) in [6.07, 6.45) is 3.79. The average Bonchev–Trinajstić information content (AvgIpc) is 2.34. The molecule has 0 fully saturated rings. The fourth-order valence-corrected chi connectivity index (χ4v) is 1.14. The largest absolute Gasteiger partial charge is 0.328 e. The van der Waals surface area contributed by atoms with Crippen molar-refractivity contribution in [1.82, 2.24) is 10.2 Å². The molecule has 0 aliphatic heterocycles. The van der Waals surface area contributed by atoms with E-state index in [1.54, 1.807) is 0 Å². The molecular formula is C8H15N3. The lowest BCUT2D eigenvalue weighted by Crippen LogP contribution is -2.18. The first kappa shape index (κ1) is 8.27. The highest BCUT2D eigenvalue weighted by Crippen LogP contribution is 2.06. The summed E-state index contributed by atoms with van der Waals surface area (Å²) in [4.78, 5) is 0. The highest BCUT2D eigenvalue weighted by Gasteiger charge is 2.04. The molecule has 3 nitrogen and oxygen atoms in total. The Morgan fingerprint density at radius 1 is 1.73 bits per heavy atom. The van der Waals surface area contributed by atoms with Crippen molar-refractivity contribution < 1.29 is 0 Å². The van der Waals surface area contributed by atoms with Crippen LogP contribution in [0.15, 0.2) is 6.20 Å². The molecule has 62 valence electrons. The molecule has 1 atom stereocenters. The van der Waals surface area contributed by atoms with Crippen molar-refractivity contribution in [3.05, 3.63) is 17.5 Å². The van der Waals surface area contributed by atoms with Gasteiger partial charge >= 0.3 is 0 Å². The predicted molar refractivity (Wildman–Crippen MR) is 45.3 cm³/mol. The van der Waals surface area contributed by atoms with Crippen LogP contribution in [0, 0.1) is 0 Å². The quantitative estimate of drug-likeness (QED) is 0.676. The highest BCUT2D eigenvalue weighted by molar-refractivity contribution is 5.16. The zero-order chi connectivity index (χ0) is 8.27. The summed E-state index contributed by atoms with van der Waals surface area (Å²) in [5.41, 5.74) is 8.12. The van der Waals surface area contributed by atoms with Crippen molar-refractivity contribution in [2.75, 3.05) is 0 Å². The van der Waals surface area contributed by atoms with Gasteiger partial charge in [0.05, 0.1) is 6.20 Å². The van der Waals surface area contributed by atoms with Gasteiger partial charge in [-0.3, -0.25) is 5.10 Å². The summed E-state index contributed by atoms with van der Waals surface area (Å²) < 4.78 is 0. The first-order chi connectivity index (χ1) is 5.24. The van der Waals surface area contributed by atoms with E-state index < -0.39 is 0 Å². The molecular weight excluding hydrogens is 138 g/mol. The molecule has 3 N–H and O–H groups in total. The van der Waals surface area contributed by atoms with E-state index in [0.717, 1.165) is 12.8 Å². The maximum Gasteiger partial charge on any atom is 0.0522 e. The number of nitrogens with two attached hydrogens (primary N) is 1. The van der Waals surface area contributed by atoms with E-state index in [1.807, 2.05) is 13.1 Å². The van der Waals surface area contributed by atoms with E-state index >= 15 is 0 Å². The zero-order valence-electron chi connectivity index (χ0n) is 7.09. The molecule has 1 aromatic heterocycles. The third-order valence-corrected chi connectivity index (χ3v) is 1.71. The Hall–Kier alpha value is -0.830. The predicted octanol–water partition coefficient (Wildman–Crippen LogP) is 0.862. The Bertz CT molecular complexity index is 215. The summed E-state index contributed by atoms with van der Waals surface area (Å²) in [6.45, 7) is 4.12. The summed E-state index contributed by atoms with van der Waals surface area (Å²) in [7, 11) is 0. The highest BCUT2D eigenvalue weighted by atomic mass is 15.1. The number of aromatic amines is 1. The van der Waals surface area contributed by atoms with E-state index in [2.05, 4.69) is 17.1 Å². The fraction of sp³-hybridized carbons (Fsp3) is 0.625. The molecule has 1 heterocycles. The number of hydrogen-bond donors (Lipinski definition) is 2. The Morgan fingerprint density at radius 2 is 2.45 bits per heavy atom. The second-order valence-electron chi connectivity index (χ2n) is 2.91. The van der Waals surface area contributed by atoms with E-state index in [1.165, 1.54) is 11.3 Å². The van der Waals surface area contributed by atoms with Crippen molar-refractivity contribution in [2.24, 2.45) is 5.73 Å². The lowest BCUT2D eigenvalue weighted by molar-refractivity contribution is 0.713. The minimum absolute atomic E-state index is 0.209. The van der Waals surface area contributed by atoms with Crippen molar-refractivity contribution in [3.8, 4) is 0 Å². The van der Waals surface area contributed by atoms with Gasteiger partial charge in [-0.25, -0.2) is 0 Å². The van der Waals surface area contributed by atoms with E-state index in [0.29, 0.717) is 0 Å². The van der Waals surface area contributed by atoms with Gasteiger partial charge in [-0.05, 0) is 18.9 Å². The van der Waals surface area contributed by atoms with Crippen LogP contribution in [0.3, 0.4) is 0 Å². The first-order valence-corrected chi connectivity index (χ1v) is 4.00. The molecule has 0 saturated heterocycles. The fourth-order valence-electron chi connectivity index (χ4n) is 1.14. The minimum atomic E-state index is 0.209. The lowest BCUT2D eigenvalue weighted by Gasteiger charge is -2.03. The number of H-pyrrole nitrogens is 1. The lowest BCUT2D eigenvalue weighted by atomic mass is 10.1. The van der Waals surface area contributed by atoms with E-state index in [-0.39, 0.29) is 6.04 Å². The molecule has 0 saturated carbocycles. The summed E-state index contributed by atoms with van der Waals surface area (Å²) >= 11 is 0. The maximum atomic E-state index is 5.66. The summed E-state index contributed by atoms with van der Waals surface area (Å²) in [5, 5.41) is 6.92. The number of rotatable bonds is 3. The van der Waals surface area contributed by atoms with Gasteiger partial charge in [0.15, 0.2) is 0 Å². The normalized spacial score (nSPS) is 13.4.